The van der Waals surface area contributed by atoms with Gasteiger partial charge in [-0.05, 0) is 5.56 Å². The second-order valence-corrected chi connectivity index (χ2v) is 6.45. The molecular formula is C12H13NO2S. The summed E-state index contributed by atoms with van der Waals surface area (Å²) in [7, 11) is -3.11. The predicted molar refractivity (Wildman–Crippen MR) is 61.5 cm³/mol. The molecule has 84 valence electrons. The summed E-state index contributed by atoms with van der Waals surface area (Å²) in [6.07, 6.45) is 0. The fourth-order valence-electron chi connectivity index (χ4n) is 2.15. The number of nitrogens with zero attached hydrogens (tertiary/aromatic N) is 1. The largest absolute Gasteiger partial charge is 0.228 e. The molecule has 16 heavy (non-hydrogen) atoms. The molecule has 0 amide bonds. The molecule has 0 spiro atoms. The highest BCUT2D eigenvalue weighted by atomic mass is 32.2. The first-order chi connectivity index (χ1) is 7.61. The van der Waals surface area contributed by atoms with Gasteiger partial charge >= 0.3 is 0 Å². The molecule has 3 atom stereocenters. The Bertz CT molecular complexity index is 516. The molecule has 1 aliphatic carbocycles. The first-order valence-electron chi connectivity index (χ1n) is 5.28. The smallest absolute Gasteiger partial charge is 0.154 e. The standard InChI is InChI=1S/C12H13NO2S/c1-2-16(14,15)12-10(8-13)11(12)9-6-4-3-5-7-9/h3-7,10-12H,2H2,1H3/t10-,11-,12-/m0/s1. The van der Waals surface area contributed by atoms with Gasteiger partial charge in [0, 0.05) is 11.7 Å². The van der Waals surface area contributed by atoms with E-state index in [9.17, 15) is 8.42 Å². The predicted octanol–water partition coefficient (Wildman–Crippen LogP) is 1.73. The van der Waals surface area contributed by atoms with Gasteiger partial charge in [0.05, 0.1) is 17.2 Å². The highest BCUT2D eigenvalue weighted by molar-refractivity contribution is 7.92. The molecule has 0 aliphatic heterocycles. The van der Waals surface area contributed by atoms with Gasteiger partial charge in [-0.15, -0.1) is 0 Å². The van der Waals surface area contributed by atoms with Crippen molar-refractivity contribution in [3.05, 3.63) is 35.9 Å². The SMILES string of the molecule is CCS(=O)(=O)[C@H]1[C@@H](C#N)[C@@H]1c1ccccc1. The third kappa shape index (κ3) is 1.72. The van der Waals surface area contributed by atoms with E-state index < -0.39 is 15.1 Å². The molecular weight excluding hydrogens is 222 g/mol. The van der Waals surface area contributed by atoms with Crippen molar-refractivity contribution in [2.24, 2.45) is 5.92 Å². The van der Waals surface area contributed by atoms with Crippen LogP contribution in [0.2, 0.25) is 0 Å². The first kappa shape index (κ1) is 11.2. The number of benzene rings is 1. The van der Waals surface area contributed by atoms with Crippen molar-refractivity contribution in [2.45, 2.75) is 18.1 Å². The van der Waals surface area contributed by atoms with Crippen LogP contribution in [0.1, 0.15) is 18.4 Å². The van der Waals surface area contributed by atoms with E-state index >= 15 is 0 Å². The zero-order chi connectivity index (χ0) is 11.8. The lowest BCUT2D eigenvalue weighted by atomic mass is 10.1. The molecule has 2 rings (SSSR count). The summed E-state index contributed by atoms with van der Waals surface area (Å²) >= 11 is 0. The number of nitriles is 1. The van der Waals surface area contributed by atoms with Gasteiger partial charge in [0.2, 0.25) is 0 Å². The maximum atomic E-state index is 11.8. The van der Waals surface area contributed by atoms with E-state index in [-0.39, 0.29) is 17.6 Å². The van der Waals surface area contributed by atoms with Crippen molar-refractivity contribution < 1.29 is 8.42 Å². The Morgan fingerprint density at radius 2 is 1.94 bits per heavy atom. The minimum Gasteiger partial charge on any atom is -0.228 e. The third-order valence-corrected chi connectivity index (χ3v) is 5.33. The van der Waals surface area contributed by atoms with Crippen molar-refractivity contribution in [3.8, 4) is 6.07 Å². The summed E-state index contributed by atoms with van der Waals surface area (Å²) < 4.78 is 23.5. The molecule has 0 aromatic heterocycles. The van der Waals surface area contributed by atoms with E-state index in [4.69, 9.17) is 5.26 Å². The summed E-state index contributed by atoms with van der Waals surface area (Å²) in [5.41, 5.74) is 0.955. The second-order valence-electron chi connectivity index (χ2n) is 4.01. The van der Waals surface area contributed by atoms with E-state index in [1.54, 1.807) is 6.92 Å². The molecule has 0 radical (unpaired) electrons. The molecule has 1 aromatic rings. The van der Waals surface area contributed by atoms with Crippen molar-refractivity contribution in [1.29, 1.82) is 5.26 Å². The van der Waals surface area contributed by atoms with Gasteiger partial charge in [0.1, 0.15) is 0 Å². The lowest BCUT2D eigenvalue weighted by Crippen LogP contribution is -2.12. The molecule has 0 saturated heterocycles. The lowest BCUT2D eigenvalue weighted by Gasteiger charge is -1.99. The third-order valence-electron chi connectivity index (χ3n) is 3.10. The molecule has 1 aliphatic rings. The molecule has 1 saturated carbocycles. The van der Waals surface area contributed by atoms with Crippen LogP contribution in [-0.2, 0) is 9.84 Å². The van der Waals surface area contributed by atoms with Crippen LogP contribution < -0.4 is 0 Å². The zero-order valence-corrected chi connectivity index (χ0v) is 9.81. The number of hydrogen-bond donors (Lipinski definition) is 0. The Morgan fingerprint density at radius 3 is 2.44 bits per heavy atom. The van der Waals surface area contributed by atoms with Gasteiger partial charge in [-0.1, -0.05) is 37.3 Å². The number of hydrogen-bond acceptors (Lipinski definition) is 3. The molecule has 3 nitrogen and oxygen atoms in total. The topological polar surface area (TPSA) is 57.9 Å². The molecule has 0 bridgehead atoms. The van der Waals surface area contributed by atoms with Crippen LogP contribution in [0.15, 0.2) is 30.3 Å². The van der Waals surface area contributed by atoms with Gasteiger partial charge in [-0.3, -0.25) is 0 Å². The molecule has 4 heteroatoms. The van der Waals surface area contributed by atoms with Crippen LogP contribution in [0.3, 0.4) is 0 Å². The maximum absolute atomic E-state index is 11.8. The van der Waals surface area contributed by atoms with Gasteiger partial charge in [-0.25, -0.2) is 8.42 Å². The van der Waals surface area contributed by atoms with E-state index in [0.717, 1.165) is 5.56 Å². The summed E-state index contributed by atoms with van der Waals surface area (Å²) in [4.78, 5) is 0. The quantitative estimate of drug-likeness (QED) is 0.801. The molecule has 0 N–H and O–H groups in total. The van der Waals surface area contributed by atoms with Crippen LogP contribution in [-0.4, -0.2) is 19.4 Å². The lowest BCUT2D eigenvalue weighted by molar-refractivity contribution is 0.594. The number of rotatable bonds is 3. The Balaban J connectivity index is 2.31. The highest BCUT2D eigenvalue weighted by Gasteiger charge is 2.58. The maximum Gasteiger partial charge on any atom is 0.154 e. The first-order valence-corrected chi connectivity index (χ1v) is 6.99. The van der Waals surface area contributed by atoms with E-state index in [1.165, 1.54) is 0 Å². The van der Waals surface area contributed by atoms with Gasteiger partial charge < -0.3 is 0 Å². The van der Waals surface area contributed by atoms with Crippen molar-refractivity contribution >= 4 is 9.84 Å². The van der Waals surface area contributed by atoms with E-state index in [2.05, 4.69) is 6.07 Å². The van der Waals surface area contributed by atoms with Crippen LogP contribution in [0.25, 0.3) is 0 Å². The van der Waals surface area contributed by atoms with Crippen LogP contribution in [0.4, 0.5) is 0 Å². The second kappa shape index (κ2) is 3.91. The average Bonchev–Trinajstić information content (AvgIpc) is 3.05. The van der Waals surface area contributed by atoms with E-state index in [1.807, 2.05) is 30.3 Å². The minimum absolute atomic E-state index is 0.110. The minimum atomic E-state index is -3.11. The van der Waals surface area contributed by atoms with Crippen molar-refractivity contribution in [3.63, 3.8) is 0 Å². The van der Waals surface area contributed by atoms with Crippen LogP contribution in [0.5, 0.6) is 0 Å². The summed E-state index contributed by atoms with van der Waals surface area (Å²) in [6.45, 7) is 1.63. The van der Waals surface area contributed by atoms with Crippen LogP contribution in [0, 0.1) is 17.2 Å². The average molecular weight is 235 g/mol. The summed E-state index contributed by atoms with van der Waals surface area (Å²) in [5, 5.41) is 8.46. The summed E-state index contributed by atoms with van der Waals surface area (Å²) in [5.74, 6) is -0.386. The Kier molecular flexibility index (Phi) is 2.73. The number of sulfone groups is 1. The van der Waals surface area contributed by atoms with E-state index in [0.29, 0.717) is 0 Å². The van der Waals surface area contributed by atoms with Gasteiger partial charge in [0.15, 0.2) is 9.84 Å². The Labute approximate surface area is 95.6 Å². The summed E-state index contributed by atoms with van der Waals surface area (Å²) in [6, 6.07) is 11.5. The van der Waals surface area contributed by atoms with Gasteiger partial charge in [-0.2, -0.15) is 5.26 Å². The van der Waals surface area contributed by atoms with Crippen molar-refractivity contribution in [1.82, 2.24) is 0 Å². The fraction of sp³-hybridized carbons (Fsp3) is 0.417. The molecule has 1 fully saturated rings. The fourth-order valence-corrected chi connectivity index (χ4v) is 3.89. The normalized spacial score (nSPS) is 28.4. The van der Waals surface area contributed by atoms with Crippen LogP contribution >= 0.6 is 0 Å². The zero-order valence-electron chi connectivity index (χ0n) is 9.00. The highest BCUT2D eigenvalue weighted by Crippen LogP contribution is 2.51. The Morgan fingerprint density at radius 1 is 1.31 bits per heavy atom. The molecule has 1 aromatic carbocycles. The Hall–Kier alpha value is -1.34. The van der Waals surface area contributed by atoms with Crippen molar-refractivity contribution in [2.75, 3.05) is 5.75 Å². The van der Waals surface area contributed by atoms with Gasteiger partial charge in [0.25, 0.3) is 0 Å². The molecule has 0 unspecified atom stereocenters. The monoisotopic (exact) mass is 235 g/mol. The molecule has 0 heterocycles.